The maximum Gasteiger partial charge on any atom is 0.180 e. The van der Waals surface area contributed by atoms with Crippen LogP contribution in [0.2, 0.25) is 0 Å². The van der Waals surface area contributed by atoms with Crippen molar-refractivity contribution in [3.63, 3.8) is 0 Å². The summed E-state index contributed by atoms with van der Waals surface area (Å²) in [4.78, 5) is 11.0. The molecule has 0 radical (unpaired) electrons. The summed E-state index contributed by atoms with van der Waals surface area (Å²) in [7, 11) is 0. The second kappa shape index (κ2) is 5.21. The molecular formula is C15H17N5. The summed E-state index contributed by atoms with van der Waals surface area (Å²) in [5, 5.41) is 0. The lowest BCUT2D eigenvalue weighted by Gasteiger charge is -2.22. The van der Waals surface area contributed by atoms with Crippen LogP contribution in [0.25, 0.3) is 5.65 Å². The zero-order chi connectivity index (χ0) is 13.9. The standard InChI is InChI=1S/C15H17N5/c1-2-19(10-12-6-4-3-5-7-12)15-14-17-8-9-20(14)11-13(16)18-15/h3-9,11H,2,10,16H2,1H3. The zero-order valence-corrected chi connectivity index (χ0v) is 11.4. The fraction of sp³-hybridized carbons (Fsp3) is 0.200. The Kier molecular flexibility index (Phi) is 3.25. The highest BCUT2D eigenvalue weighted by Crippen LogP contribution is 2.21. The van der Waals surface area contributed by atoms with Gasteiger partial charge in [-0.3, -0.25) is 0 Å². The van der Waals surface area contributed by atoms with Gasteiger partial charge in [0.15, 0.2) is 11.5 Å². The van der Waals surface area contributed by atoms with Gasteiger partial charge in [0.25, 0.3) is 0 Å². The Morgan fingerprint density at radius 3 is 2.80 bits per heavy atom. The summed E-state index contributed by atoms with van der Waals surface area (Å²) in [6.07, 6.45) is 5.42. The molecule has 20 heavy (non-hydrogen) atoms. The van der Waals surface area contributed by atoms with Gasteiger partial charge in [0.1, 0.15) is 5.82 Å². The molecule has 3 aromatic rings. The molecule has 5 heteroatoms. The van der Waals surface area contributed by atoms with E-state index in [-0.39, 0.29) is 0 Å². The van der Waals surface area contributed by atoms with E-state index in [9.17, 15) is 0 Å². The second-order valence-corrected chi connectivity index (χ2v) is 4.65. The largest absolute Gasteiger partial charge is 0.382 e. The fourth-order valence-electron chi connectivity index (χ4n) is 2.29. The van der Waals surface area contributed by atoms with E-state index < -0.39 is 0 Å². The van der Waals surface area contributed by atoms with Crippen LogP contribution in [0.3, 0.4) is 0 Å². The number of hydrogen-bond donors (Lipinski definition) is 1. The van der Waals surface area contributed by atoms with Crippen molar-refractivity contribution in [2.45, 2.75) is 13.5 Å². The van der Waals surface area contributed by atoms with Crippen LogP contribution in [0.5, 0.6) is 0 Å². The number of imidazole rings is 1. The third-order valence-electron chi connectivity index (χ3n) is 3.27. The lowest BCUT2D eigenvalue weighted by Crippen LogP contribution is -2.24. The predicted molar refractivity (Wildman–Crippen MR) is 80.6 cm³/mol. The molecule has 0 atom stereocenters. The minimum atomic E-state index is 0.497. The van der Waals surface area contributed by atoms with E-state index >= 15 is 0 Å². The molecule has 5 nitrogen and oxygen atoms in total. The first-order valence-electron chi connectivity index (χ1n) is 6.66. The highest BCUT2D eigenvalue weighted by Gasteiger charge is 2.13. The highest BCUT2D eigenvalue weighted by molar-refractivity contribution is 5.66. The first kappa shape index (κ1) is 12.5. The van der Waals surface area contributed by atoms with E-state index in [2.05, 4.69) is 33.9 Å². The van der Waals surface area contributed by atoms with Crippen molar-refractivity contribution in [2.75, 3.05) is 17.2 Å². The van der Waals surface area contributed by atoms with Crippen molar-refractivity contribution in [3.05, 3.63) is 54.5 Å². The van der Waals surface area contributed by atoms with Crippen LogP contribution in [0, 0.1) is 0 Å². The summed E-state index contributed by atoms with van der Waals surface area (Å²) >= 11 is 0. The predicted octanol–water partition coefficient (Wildman–Crippen LogP) is 2.34. The van der Waals surface area contributed by atoms with Crippen molar-refractivity contribution in [2.24, 2.45) is 0 Å². The van der Waals surface area contributed by atoms with E-state index in [1.165, 1.54) is 5.56 Å². The minimum absolute atomic E-state index is 0.497. The summed E-state index contributed by atoms with van der Waals surface area (Å²) in [5.74, 6) is 1.32. The SMILES string of the molecule is CCN(Cc1ccccc1)c1nc(N)cn2ccnc12. The van der Waals surface area contributed by atoms with Gasteiger partial charge in [-0.25, -0.2) is 9.97 Å². The molecule has 3 rings (SSSR count). The summed E-state index contributed by atoms with van der Waals surface area (Å²) in [5.41, 5.74) is 7.95. The molecule has 0 unspecified atom stereocenters. The Hall–Kier alpha value is -2.56. The van der Waals surface area contributed by atoms with Gasteiger partial charge in [-0.05, 0) is 12.5 Å². The van der Waals surface area contributed by atoms with Crippen LogP contribution in [0.4, 0.5) is 11.6 Å². The first-order valence-corrected chi connectivity index (χ1v) is 6.66. The highest BCUT2D eigenvalue weighted by atomic mass is 15.2. The molecule has 0 aliphatic heterocycles. The van der Waals surface area contributed by atoms with Crippen molar-refractivity contribution in [3.8, 4) is 0 Å². The van der Waals surface area contributed by atoms with E-state index in [1.54, 1.807) is 12.4 Å². The minimum Gasteiger partial charge on any atom is -0.382 e. The van der Waals surface area contributed by atoms with Crippen LogP contribution in [0.15, 0.2) is 48.9 Å². The van der Waals surface area contributed by atoms with Gasteiger partial charge in [-0.1, -0.05) is 30.3 Å². The Morgan fingerprint density at radius 1 is 1.25 bits per heavy atom. The smallest absolute Gasteiger partial charge is 0.180 e. The van der Waals surface area contributed by atoms with Gasteiger partial charge in [0.05, 0.1) is 6.20 Å². The van der Waals surface area contributed by atoms with Crippen LogP contribution in [-0.2, 0) is 6.54 Å². The average molecular weight is 267 g/mol. The average Bonchev–Trinajstić information content (AvgIpc) is 2.93. The van der Waals surface area contributed by atoms with Crippen molar-refractivity contribution < 1.29 is 0 Å². The molecule has 0 amide bonds. The molecule has 2 heterocycles. The lowest BCUT2D eigenvalue weighted by molar-refractivity contribution is 0.813. The molecular weight excluding hydrogens is 250 g/mol. The number of rotatable bonds is 4. The molecule has 0 aliphatic carbocycles. The molecule has 0 bridgehead atoms. The van der Waals surface area contributed by atoms with Crippen LogP contribution >= 0.6 is 0 Å². The number of anilines is 2. The van der Waals surface area contributed by atoms with Crippen molar-refractivity contribution in [1.82, 2.24) is 14.4 Å². The Balaban J connectivity index is 2.01. The van der Waals surface area contributed by atoms with E-state index in [0.717, 1.165) is 24.6 Å². The monoisotopic (exact) mass is 267 g/mol. The maximum absolute atomic E-state index is 5.88. The van der Waals surface area contributed by atoms with Crippen molar-refractivity contribution in [1.29, 1.82) is 0 Å². The Morgan fingerprint density at radius 2 is 2.05 bits per heavy atom. The third-order valence-corrected chi connectivity index (χ3v) is 3.27. The molecule has 102 valence electrons. The molecule has 2 aromatic heterocycles. The second-order valence-electron chi connectivity index (χ2n) is 4.65. The summed E-state index contributed by atoms with van der Waals surface area (Å²) < 4.78 is 1.91. The first-order chi connectivity index (χ1) is 9.78. The quantitative estimate of drug-likeness (QED) is 0.788. The molecule has 0 spiro atoms. The van der Waals surface area contributed by atoms with Gasteiger partial charge < -0.3 is 15.0 Å². The molecule has 1 aromatic carbocycles. The number of hydrogen-bond acceptors (Lipinski definition) is 4. The van der Waals surface area contributed by atoms with Gasteiger partial charge in [0.2, 0.25) is 0 Å². The van der Waals surface area contributed by atoms with Crippen LogP contribution in [0.1, 0.15) is 12.5 Å². The molecule has 0 aliphatic rings. The normalized spacial score (nSPS) is 10.8. The number of benzene rings is 1. The number of nitrogens with zero attached hydrogens (tertiary/aromatic N) is 4. The molecule has 0 saturated carbocycles. The number of fused-ring (bicyclic) bond motifs is 1. The Bertz CT molecular complexity index is 705. The molecule has 0 fully saturated rings. The zero-order valence-electron chi connectivity index (χ0n) is 11.4. The number of aromatic nitrogens is 3. The van der Waals surface area contributed by atoms with E-state index in [0.29, 0.717) is 5.82 Å². The van der Waals surface area contributed by atoms with Gasteiger partial charge in [-0.2, -0.15) is 0 Å². The molecule has 2 N–H and O–H groups in total. The van der Waals surface area contributed by atoms with Gasteiger partial charge in [0, 0.05) is 25.5 Å². The molecule has 0 saturated heterocycles. The fourth-order valence-corrected chi connectivity index (χ4v) is 2.29. The summed E-state index contributed by atoms with van der Waals surface area (Å²) in [6, 6.07) is 10.3. The Labute approximate surface area is 117 Å². The topological polar surface area (TPSA) is 59.5 Å². The van der Waals surface area contributed by atoms with E-state index in [4.69, 9.17) is 5.73 Å². The summed E-state index contributed by atoms with van der Waals surface area (Å²) in [6.45, 7) is 3.73. The number of nitrogen functional groups attached to an aromatic ring is 1. The maximum atomic E-state index is 5.88. The van der Waals surface area contributed by atoms with Gasteiger partial charge >= 0.3 is 0 Å². The van der Waals surface area contributed by atoms with Crippen LogP contribution in [-0.4, -0.2) is 20.9 Å². The lowest BCUT2D eigenvalue weighted by atomic mass is 10.2. The van der Waals surface area contributed by atoms with Crippen molar-refractivity contribution >= 4 is 17.3 Å². The van der Waals surface area contributed by atoms with E-state index in [1.807, 2.05) is 28.8 Å². The van der Waals surface area contributed by atoms with Gasteiger partial charge in [-0.15, -0.1) is 0 Å². The number of nitrogens with two attached hydrogens (primary N) is 1. The van der Waals surface area contributed by atoms with Crippen LogP contribution < -0.4 is 10.6 Å². The third kappa shape index (κ3) is 2.30.